The average Bonchev–Trinajstić information content (AvgIpc) is 2.60. The minimum atomic E-state index is -1.32. The van der Waals surface area contributed by atoms with Crippen LogP contribution in [0.4, 0.5) is 23.2 Å². The van der Waals surface area contributed by atoms with E-state index in [9.17, 15) is 22.4 Å². The minimum Gasteiger partial charge on any atom is -0.322 e. The van der Waals surface area contributed by atoms with Crippen LogP contribution in [0.25, 0.3) is 5.57 Å². The third-order valence-corrected chi connectivity index (χ3v) is 4.87. The number of hydrogen-bond acceptors (Lipinski definition) is 2. The Kier molecular flexibility index (Phi) is 5.84. The van der Waals surface area contributed by atoms with Crippen molar-refractivity contribution in [3.8, 4) is 0 Å². The van der Waals surface area contributed by atoms with E-state index in [4.69, 9.17) is 0 Å². The zero-order valence-corrected chi connectivity index (χ0v) is 15.5. The second-order valence-electron chi connectivity index (χ2n) is 7.05. The first-order chi connectivity index (χ1) is 13.2. The third-order valence-electron chi connectivity index (χ3n) is 4.87. The summed E-state index contributed by atoms with van der Waals surface area (Å²) in [5.41, 5.74) is 0.705. The maximum atomic E-state index is 14.1. The van der Waals surface area contributed by atoms with E-state index in [-0.39, 0.29) is 5.69 Å². The molecular weight excluding hydrogens is 372 g/mol. The van der Waals surface area contributed by atoms with Crippen molar-refractivity contribution < 1.29 is 22.4 Å². The van der Waals surface area contributed by atoms with Crippen molar-refractivity contribution >= 4 is 17.2 Å². The molecule has 1 N–H and O–H groups in total. The Labute approximate surface area is 160 Å². The predicted molar refractivity (Wildman–Crippen MR) is 100.0 cm³/mol. The van der Waals surface area contributed by atoms with Gasteiger partial charge >= 0.3 is 0 Å². The molecule has 1 aliphatic carbocycles. The number of carbonyl (C=O) groups is 1. The van der Waals surface area contributed by atoms with Crippen molar-refractivity contribution in [3.05, 3.63) is 70.8 Å². The Morgan fingerprint density at radius 2 is 1.64 bits per heavy atom. The number of hydrogen-bond donors (Lipinski definition) is 1. The fourth-order valence-corrected chi connectivity index (χ4v) is 3.35. The summed E-state index contributed by atoms with van der Waals surface area (Å²) in [6.07, 6.45) is 4.53. The molecule has 0 heterocycles. The molecule has 28 heavy (non-hydrogen) atoms. The van der Waals surface area contributed by atoms with Crippen molar-refractivity contribution in [2.24, 2.45) is 0 Å². The van der Waals surface area contributed by atoms with Gasteiger partial charge in [0.05, 0.1) is 0 Å². The van der Waals surface area contributed by atoms with Gasteiger partial charge in [-0.2, -0.15) is 0 Å². The molecule has 0 aromatic heterocycles. The van der Waals surface area contributed by atoms with Crippen molar-refractivity contribution in [2.45, 2.75) is 25.3 Å². The minimum absolute atomic E-state index is 0.0683. The van der Waals surface area contributed by atoms with E-state index in [1.54, 1.807) is 6.07 Å². The van der Waals surface area contributed by atoms with E-state index in [1.165, 1.54) is 6.07 Å². The van der Waals surface area contributed by atoms with Crippen molar-refractivity contribution in [3.63, 3.8) is 0 Å². The lowest BCUT2D eigenvalue weighted by Crippen LogP contribution is -2.29. The van der Waals surface area contributed by atoms with Gasteiger partial charge in [-0.15, -0.1) is 0 Å². The first-order valence-corrected chi connectivity index (χ1v) is 8.87. The summed E-state index contributed by atoms with van der Waals surface area (Å²) in [6.45, 7) is 0. The molecule has 1 aliphatic rings. The highest BCUT2D eigenvalue weighted by molar-refractivity contribution is 6.04. The Morgan fingerprint density at radius 1 is 1.00 bits per heavy atom. The molecule has 1 atom stereocenters. The Morgan fingerprint density at radius 3 is 2.21 bits per heavy atom. The van der Waals surface area contributed by atoms with Gasteiger partial charge in [0.25, 0.3) is 5.91 Å². The molecule has 2 aromatic rings. The molecular formula is C21H20F4N2O. The van der Waals surface area contributed by atoms with E-state index >= 15 is 0 Å². The molecule has 0 spiro atoms. The molecule has 3 rings (SSSR count). The number of carbonyl (C=O) groups excluding carboxylic acids is 1. The standard InChI is InChI=1S/C21H20F4N2O/c1-27(2)17-5-3-12(4-6-17)13-7-14(22)9-16(8-13)26-21(28)20-18(24)10-15(23)11-19(20)25/h3,7-11,17H,4-6H2,1-2H3,(H,26,28). The van der Waals surface area contributed by atoms with Crippen LogP contribution in [0, 0.1) is 23.3 Å². The second-order valence-corrected chi connectivity index (χ2v) is 7.05. The maximum absolute atomic E-state index is 14.1. The molecule has 7 heteroatoms. The van der Waals surface area contributed by atoms with Gasteiger partial charge in [0.2, 0.25) is 0 Å². The van der Waals surface area contributed by atoms with Crippen LogP contribution < -0.4 is 5.32 Å². The van der Waals surface area contributed by atoms with Crippen LogP contribution in [0.1, 0.15) is 35.2 Å². The highest BCUT2D eigenvalue weighted by Crippen LogP contribution is 2.31. The lowest BCUT2D eigenvalue weighted by Gasteiger charge is -2.27. The van der Waals surface area contributed by atoms with Crippen LogP contribution >= 0.6 is 0 Å². The van der Waals surface area contributed by atoms with E-state index in [0.29, 0.717) is 23.7 Å². The van der Waals surface area contributed by atoms with E-state index in [1.807, 2.05) is 20.2 Å². The zero-order chi connectivity index (χ0) is 20.4. The topological polar surface area (TPSA) is 32.3 Å². The van der Waals surface area contributed by atoms with Crippen LogP contribution in [0.3, 0.4) is 0 Å². The lowest BCUT2D eigenvalue weighted by molar-refractivity contribution is 0.101. The SMILES string of the molecule is CN(C)C1CC=C(c2cc(F)cc(NC(=O)c3c(F)cc(F)cc3F)c2)CC1. The molecule has 1 amide bonds. The maximum Gasteiger partial charge on any atom is 0.261 e. The molecule has 0 radical (unpaired) electrons. The van der Waals surface area contributed by atoms with Crippen LogP contribution in [0.2, 0.25) is 0 Å². The summed E-state index contributed by atoms with van der Waals surface area (Å²) in [5.74, 6) is -5.46. The quantitative estimate of drug-likeness (QED) is 0.744. The summed E-state index contributed by atoms with van der Waals surface area (Å²) in [5, 5.41) is 2.29. The fraction of sp³-hybridized carbons (Fsp3) is 0.286. The first-order valence-electron chi connectivity index (χ1n) is 8.87. The lowest BCUT2D eigenvalue weighted by atomic mass is 9.90. The van der Waals surface area contributed by atoms with Gasteiger partial charge in [0.1, 0.15) is 28.8 Å². The van der Waals surface area contributed by atoms with Gasteiger partial charge in [0, 0.05) is 23.9 Å². The predicted octanol–water partition coefficient (Wildman–Crippen LogP) is 4.99. The molecule has 3 nitrogen and oxygen atoms in total. The third kappa shape index (κ3) is 4.42. The summed E-state index contributed by atoms with van der Waals surface area (Å²) in [6, 6.07) is 5.23. The molecule has 0 saturated heterocycles. The van der Waals surface area contributed by atoms with E-state index in [0.717, 1.165) is 30.9 Å². The van der Waals surface area contributed by atoms with Crippen LogP contribution in [-0.2, 0) is 0 Å². The van der Waals surface area contributed by atoms with Crippen molar-refractivity contribution in [2.75, 3.05) is 19.4 Å². The number of rotatable bonds is 4. The van der Waals surface area contributed by atoms with Crippen LogP contribution in [-0.4, -0.2) is 30.9 Å². The van der Waals surface area contributed by atoms with Gasteiger partial charge in [-0.05, 0) is 62.7 Å². The molecule has 148 valence electrons. The van der Waals surface area contributed by atoms with Crippen LogP contribution in [0.15, 0.2) is 36.4 Å². The van der Waals surface area contributed by atoms with Crippen LogP contribution in [0.5, 0.6) is 0 Å². The van der Waals surface area contributed by atoms with Crippen molar-refractivity contribution in [1.82, 2.24) is 4.90 Å². The first kappa shape index (κ1) is 20.1. The fourth-order valence-electron chi connectivity index (χ4n) is 3.35. The van der Waals surface area contributed by atoms with Gasteiger partial charge in [-0.1, -0.05) is 6.08 Å². The number of allylic oxidation sites excluding steroid dienone is 1. The monoisotopic (exact) mass is 392 g/mol. The normalized spacial score (nSPS) is 16.8. The summed E-state index contributed by atoms with van der Waals surface area (Å²) in [7, 11) is 4.01. The Balaban J connectivity index is 1.84. The molecule has 0 aliphatic heterocycles. The largest absolute Gasteiger partial charge is 0.322 e. The van der Waals surface area contributed by atoms with E-state index in [2.05, 4.69) is 10.2 Å². The number of amides is 1. The van der Waals surface area contributed by atoms with E-state index < -0.39 is 34.7 Å². The Bertz CT molecular complexity index is 917. The smallest absolute Gasteiger partial charge is 0.261 e. The number of anilines is 1. The molecule has 1 unspecified atom stereocenters. The van der Waals surface area contributed by atoms with Crippen molar-refractivity contribution in [1.29, 1.82) is 0 Å². The van der Waals surface area contributed by atoms with Gasteiger partial charge in [0.15, 0.2) is 0 Å². The molecule has 0 fully saturated rings. The molecule has 0 saturated carbocycles. The summed E-state index contributed by atoms with van der Waals surface area (Å²) in [4.78, 5) is 14.4. The number of halogens is 4. The van der Waals surface area contributed by atoms with Gasteiger partial charge in [-0.3, -0.25) is 4.79 Å². The second kappa shape index (κ2) is 8.14. The highest BCUT2D eigenvalue weighted by atomic mass is 19.1. The summed E-state index contributed by atoms with van der Waals surface area (Å²) >= 11 is 0. The highest BCUT2D eigenvalue weighted by Gasteiger charge is 2.21. The number of nitrogens with one attached hydrogen (secondary N) is 1. The van der Waals surface area contributed by atoms with Gasteiger partial charge in [-0.25, -0.2) is 17.6 Å². The number of benzene rings is 2. The van der Waals surface area contributed by atoms with Gasteiger partial charge < -0.3 is 10.2 Å². The number of nitrogens with zero attached hydrogens (tertiary/aromatic N) is 1. The summed E-state index contributed by atoms with van der Waals surface area (Å²) < 4.78 is 54.7. The zero-order valence-electron chi connectivity index (χ0n) is 15.5. The average molecular weight is 392 g/mol. The molecule has 0 bridgehead atoms. The Hall–Kier alpha value is -2.67. The molecule has 2 aromatic carbocycles.